The van der Waals surface area contributed by atoms with E-state index in [0.29, 0.717) is 5.41 Å². The van der Waals surface area contributed by atoms with Gasteiger partial charge in [0.1, 0.15) is 0 Å². The zero-order valence-corrected chi connectivity index (χ0v) is 13.6. The summed E-state index contributed by atoms with van der Waals surface area (Å²) in [5, 5.41) is 0. The van der Waals surface area contributed by atoms with Gasteiger partial charge in [-0.05, 0) is 48.9 Å². The van der Waals surface area contributed by atoms with E-state index in [1.54, 1.807) is 0 Å². The number of hydrogen-bond donors (Lipinski definition) is 0. The van der Waals surface area contributed by atoms with Crippen molar-refractivity contribution in [2.75, 3.05) is 0 Å². The van der Waals surface area contributed by atoms with E-state index in [9.17, 15) is 0 Å². The van der Waals surface area contributed by atoms with E-state index in [0.717, 1.165) is 17.8 Å². The van der Waals surface area contributed by atoms with Crippen LogP contribution in [0.15, 0.2) is 0 Å². The van der Waals surface area contributed by atoms with Crippen molar-refractivity contribution in [1.29, 1.82) is 0 Å². The fraction of sp³-hybridized carbons (Fsp3) is 1.00. The van der Waals surface area contributed by atoms with Crippen molar-refractivity contribution in [1.82, 2.24) is 0 Å². The Balaban J connectivity index is 2.14. The van der Waals surface area contributed by atoms with Crippen LogP contribution in [0.25, 0.3) is 0 Å². The quantitative estimate of drug-likeness (QED) is 0.392. The van der Waals surface area contributed by atoms with Crippen LogP contribution in [0.2, 0.25) is 0 Å². The zero-order valence-electron chi connectivity index (χ0n) is 13.6. The van der Waals surface area contributed by atoms with Crippen molar-refractivity contribution in [2.24, 2.45) is 23.2 Å². The summed E-state index contributed by atoms with van der Waals surface area (Å²) < 4.78 is 0. The standard InChI is InChI=1S/C18H36/c1-6-7-8-13-18(4,5)14-15(2)9-10-16(3)17-11-12-17/h15-17H,6-14H2,1-5H3. The Morgan fingerprint density at radius 2 is 1.72 bits per heavy atom. The van der Waals surface area contributed by atoms with Crippen LogP contribution in [0, 0.1) is 23.2 Å². The van der Waals surface area contributed by atoms with Crippen LogP contribution in [0.3, 0.4) is 0 Å². The molecule has 2 atom stereocenters. The van der Waals surface area contributed by atoms with Crippen molar-refractivity contribution in [3.8, 4) is 0 Å². The summed E-state index contributed by atoms with van der Waals surface area (Å²) in [7, 11) is 0. The van der Waals surface area contributed by atoms with Gasteiger partial charge in [-0.3, -0.25) is 0 Å². The monoisotopic (exact) mass is 252 g/mol. The summed E-state index contributed by atoms with van der Waals surface area (Å²) in [6.07, 6.45) is 13.0. The van der Waals surface area contributed by atoms with E-state index in [1.165, 1.54) is 57.8 Å². The summed E-state index contributed by atoms with van der Waals surface area (Å²) in [5.41, 5.74) is 0.567. The van der Waals surface area contributed by atoms with Crippen LogP contribution in [0.1, 0.15) is 92.4 Å². The number of unbranched alkanes of at least 4 members (excludes halogenated alkanes) is 2. The molecule has 18 heavy (non-hydrogen) atoms. The Hall–Kier alpha value is 0. The first-order valence-electron chi connectivity index (χ1n) is 8.44. The van der Waals surface area contributed by atoms with Crippen molar-refractivity contribution >= 4 is 0 Å². The second kappa shape index (κ2) is 7.56. The van der Waals surface area contributed by atoms with E-state index >= 15 is 0 Å². The third-order valence-corrected chi connectivity index (χ3v) is 4.90. The zero-order chi connectivity index (χ0) is 13.6. The van der Waals surface area contributed by atoms with Gasteiger partial charge < -0.3 is 0 Å². The van der Waals surface area contributed by atoms with Gasteiger partial charge in [0, 0.05) is 0 Å². The van der Waals surface area contributed by atoms with Crippen LogP contribution in [0.5, 0.6) is 0 Å². The first kappa shape index (κ1) is 16.1. The molecular formula is C18H36. The molecule has 0 nitrogen and oxygen atoms in total. The minimum absolute atomic E-state index is 0.567. The molecular weight excluding hydrogens is 216 g/mol. The van der Waals surface area contributed by atoms with E-state index in [1.807, 2.05) is 0 Å². The fourth-order valence-electron chi connectivity index (χ4n) is 3.45. The van der Waals surface area contributed by atoms with Crippen LogP contribution in [0.4, 0.5) is 0 Å². The molecule has 0 radical (unpaired) electrons. The molecule has 0 aromatic heterocycles. The van der Waals surface area contributed by atoms with E-state index in [4.69, 9.17) is 0 Å². The Morgan fingerprint density at radius 3 is 2.28 bits per heavy atom. The van der Waals surface area contributed by atoms with E-state index in [2.05, 4.69) is 34.6 Å². The topological polar surface area (TPSA) is 0 Å². The SMILES string of the molecule is CCCCCC(C)(C)CC(C)CCC(C)C1CC1. The van der Waals surface area contributed by atoms with Gasteiger partial charge in [-0.2, -0.15) is 0 Å². The number of rotatable bonds is 10. The highest BCUT2D eigenvalue weighted by molar-refractivity contribution is 4.79. The van der Waals surface area contributed by atoms with Crippen molar-refractivity contribution in [3.63, 3.8) is 0 Å². The maximum Gasteiger partial charge on any atom is -0.0352 e. The summed E-state index contributed by atoms with van der Waals surface area (Å²) >= 11 is 0. The predicted molar refractivity (Wildman–Crippen MR) is 82.8 cm³/mol. The highest BCUT2D eigenvalue weighted by atomic mass is 14.3. The minimum atomic E-state index is 0.567. The van der Waals surface area contributed by atoms with Crippen LogP contribution >= 0.6 is 0 Å². The molecule has 0 saturated heterocycles. The molecule has 0 aromatic rings. The molecule has 1 aliphatic carbocycles. The highest BCUT2D eigenvalue weighted by Gasteiger charge is 2.28. The first-order chi connectivity index (χ1) is 8.44. The van der Waals surface area contributed by atoms with E-state index < -0.39 is 0 Å². The van der Waals surface area contributed by atoms with Crippen LogP contribution < -0.4 is 0 Å². The van der Waals surface area contributed by atoms with Gasteiger partial charge in [0.2, 0.25) is 0 Å². The smallest absolute Gasteiger partial charge is 0.0352 e. The fourth-order valence-corrected chi connectivity index (χ4v) is 3.45. The maximum absolute atomic E-state index is 2.48. The molecule has 1 rings (SSSR count). The average molecular weight is 252 g/mol. The molecule has 0 bridgehead atoms. The lowest BCUT2D eigenvalue weighted by Crippen LogP contribution is -2.16. The highest BCUT2D eigenvalue weighted by Crippen LogP contribution is 2.40. The lowest BCUT2D eigenvalue weighted by atomic mass is 9.77. The molecule has 1 saturated carbocycles. The summed E-state index contributed by atoms with van der Waals surface area (Å²) in [5.74, 6) is 3.01. The van der Waals surface area contributed by atoms with Crippen molar-refractivity contribution in [3.05, 3.63) is 0 Å². The average Bonchev–Trinajstić information content (AvgIpc) is 3.09. The predicted octanol–water partition coefficient (Wildman–Crippen LogP) is 6.45. The molecule has 2 unspecified atom stereocenters. The summed E-state index contributed by atoms with van der Waals surface area (Å²) in [6, 6.07) is 0. The largest absolute Gasteiger partial charge is 0.0654 e. The van der Waals surface area contributed by atoms with E-state index in [-0.39, 0.29) is 0 Å². The molecule has 0 aromatic carbocycles. The third-order valence-electron chi connectivity index (χ3n) is 4.90. The molecule has 0 aliphatic heterocycles. The molecule has 108 valence electrons. The third kappa shape index (κ3) is 6.81. The van der Waals surface area contributed by atoms with Crippen molar-refractivity contribution in [2.45, 2.75) is 92.4 Å². The van der Waals surface area contributed by atoms with Gasteiger partial charge in [-0.25, -0.2) is 0 Å². The Labute approximate surface area is 116 Å². The summed E-state index contributed by atoms with van der Waals surface area (Å²) in [6.45, 7) is 12.2. The molecule has 0 spiro atoms. The van der Waals surface area contributed by atoms with Crippen molar-refractivity contribution < 1.29 is 0 Å². The van der Waals surface area contributed by atoms with Crippen LogP contribution in [-0.2, 0) is 0 Å². The minimum Gasteiger partial charge on any atom is -0.0654 e. The van der Waals surface area contributed by atoms with Gasteiger partial charge in [-0.1, -0.05) is 66.7 Å². The number of hydrogen-bond acceptors (Lipinski definition) is 0. The normalized spacial score (nSPS) is 19.8. The lowest BCUT2D eigenvalue weighted by Gasteiger charge is -2.28. The lowest BCUT2D eigenvalue weighted by molar-refractivity contribution is 0.233. The van der Waals surface area contributed by atoms with Gasteiger partial charge in [0.15, 0.2) is 0 Å². The molecule has 1 aliphatic rings. The maximum atomic E-state index is 2.48. The van der Waals surface area contributed by atoms with Gasteiger partial charge in [-0.15, -0.1) is 0 Å². The van der Waals surface area contributed by atoms with Gasteiger partial charge in [0.25, 0.3) is 0 Å². The van der Waals surface area contributed by atoms with Gasteiger partial charge in [0.05, 0.1) is 0 Å². The first-order valence-corrected chi connectivity index (χ1v) is 8.44. The Morgan fingerprint density at radius 1 is 1.06 bits per heavy atom. The Bertz CT molecular complexity index is 212. The molecule has 0 N–H and O–H groups in total. The Kier molecular flexibility index (Phi) is 6.74. The molecule has 0 heterocycles. The van der Waals surface area contributed by atoms with Gasteiger partial charge >= 0.3 is 0 Å². The second-order valence-electron chi connectivity index (χ2n) is 7.82. The second-order valence-corrected chi connectivity index (χ2v) is 7.82. The molecule has 1 fully saturated rings. The molecule has 0 amide bonds. The van der Waals surface area contributed by atoms with Crippen LogP contribution in [-0.4, -0.2) is 0 Å². The molecule has 0 heteroatoms. The summed E-state index contributed by atoms with van der Waals surface area (Å²) in [4.78, 5) is 0.